The minimum absolute atomic E-state index is 0.448. The molecule has 2 atom stereocenters. The lowest BCUT2D eigenvalue weighted by atomic mass is 10.1. The number of benzene rings is 2. The number of aryl methyl sites for hydroxylation is 2. The van der Waals surface area contributed by atoms with E-state index in [0.717, 1.165) is 58.9 Å². The Bertz CT molecular complexity index is 1440. The molecule has 0 saturated heterocycles. The second-order valence-corrected chi connectivity index (χ2v) is 9.87. The molecule has 220 valence electrons. The molecule has 14 heteroatoms. The summed E-state index contributed by atoms with van der Waals surface area (Å²) in [6.45, 7) is 7.71. The SMILES string of the molecule is Cc1cc(NC2=NCCN2)c(C)c2c1OC(OC(=O)/C=C/C(=O)OC1Oc3c(C)cc(NC4=NCCN4)c(C)c3O1)O2. The van der Waals surface area contributed by atoms with E-state index in [1.54, 1.807) is 0 Å². The first-order valence-electron chi connectivity index (χ1n) is 13.4. The van der Waals surface area contributed by atoms with E-state index in [-0.39, 0.29) is 0 Å². The maximum absolute atomic E-state index is 12.4. The van der Waals surface area contributed by atoms with Gasteiger partial charge in [-0.25, -0.2) is 9.59 Å². The molecule has 0 spiro atoms. The van der Waals surface area contributed by atoms with E-state index in [2.05, 4.69) is 31.3 Å². The van der Waals surface area contributed by atoms with Crippen LogP contribution in [0.5, 0.6) is 23.0 Å². The van der Waals surface area contributed by atoms with Crippen molar-refractivity contribution in [3.05, 3.63) is 46.5 Å². The first kappa shape index (κ1) is 27.1. The number of hydrogen-bond acceptors (Lipinski definition) is 14. The number of nitrogens with one attached hydrogen (secondary N) is 4. The summed E-state index contributed by atoms with van der Waals surface area (Å²) in [7, 11) is 0. The summed E-state index contributed by atoms with van der Waals surface area (Å²) in [6.07, 6.45) is 1.81. The molecule has 4 aliphatic rings. The molecule has 2 unspecified atom stereocenters. The molecule has 0 bridgehead atoms. The molecule has 2 aromatic carbocycles. The predicted octanol–water partition coefficient (Wildman–Crippen LogP) is 2.11. The Kier molecular flexibility index (Phi) is 7.10. The quantitative estimate of drug-likeness (QED) is 0.292. The summed E-state index contributed by atoms with van der Waals surface area (Å²) in [5.41, 5.74) is 4.66. The number of guanidine groups is 2. The smallest absolute Gasteiger partial charge is 0.409 e. The van der Waals surface area contributed by atoms with Crippen molar-refractivity contribution < 1.29 is 38.0 Å². The fourth-order valence-corrected chi connectivity index (χ4v) is 4.71. The van der Waals surface area contributed by atoms with Crippen LogP contribution in [0.25, 0.3) is 0 Å². The zero-order chi connectivity index (χ0) is 29.4. The molecule has 0 aromatic heterocycles. The number of anilines is 2. The van der Waals surface area contributed by atoms with E-state index >= 15 is 0 Å². The van der Waals surface area contributed by atoms with Crippen LogP contribution in [-0.4, -0.2) is 63.0 Å². The van der Waals surface area contributed by atoms with Crippen molar-refractivity contribution in [3.8, 4) is 23.0 Å². The van der Waals surface area contributed by atoms with E-state index in [0.29, 0.717) is 48.0 Å². The lowest BCUT2D eigenvalue weighted by molar-refractivity contribution is -0.192. The number of rotatable bonds is 6. The summed E-state index contributed by atoms with van der Waals surface area (Å²) in [6, 6.07) is 3.79. The average molecular weight is 579 g/mol. The molecule has 42 heavy (non-hydrogen) atoms. The lowest BCUT2D eigenvalue weighted by Crippen LogP contribution is -2.27. The number of fused-ring (bicyclic) bond motifs is 2. The summed E-state index contributed by atoms with van der Waals surface area (Å²) in [5, 5.41) is 12.8. The van der Waals surface area contributed by atoms with Crippen LogP contribution >= 0.6 is 0 Å². The number of carbonyl (C=O) groups is 2. The van der Waals surface area contributed by atoms with Crippen molar-refractivity contribution in [2.45, 2.75) is 40.6 Å². The third-order valence-electron chi connectivity index (χ3n) is 6.83. The highest BCUT2D eigenvalue weighted by Crippen LogP contribution is 2.45. The van der Waals surface area contributed by atoms with Crippen molar-refractivity contribution in [1.82, 2.24) is 10.6 Å². The molecule has 4 aliphatic heterocycles. The maximum Gasteiger partial charge on any atom is 0.409 e. The van der Waals surface area contributed by atoms with Crippen LogP contribution in [0.4, 0.5) is 11.4 Å². The number of ether oxygens (including phenoxy) is 6. The largest absolute Gasteiger partial charge is 0.419 e. The molecule has 6 rings (SSSR count). The number of esters is 2. The fraction of sp³-hybridized carbons (Fsp3) is 0.357. The number of aliphatic imine (C=N–C) groups is 2. The van der Waals surface area contributed by atoms with Gasteiger partial charge in [0.15, 0.2) is 34.9 Å². The average Bonchev–Trinajstić information content (AvgIpc) is 3.77. The fourth-order valence-electron chi connectivity index (χ4n) is 4.71. The Hall–Kier alpha value is -5.14. The topological polar surface area (TPSA) is 162 Å². The summed E-state index contributed by atoms with van der Waals surface area (Å²) < 4.78 is 33.3. The van der Waals surface area contributed by atoms with Gasteiger partial charge in [-0.15, -0.1) is 0 Å². The minimum atomic E-state index is -1.32. The second kappa shape index (κ2) is 11.0. The Morgan fingerprint density at radius 1 is 0.738 bits per heavy atom. The van der Waals surface area contributed by atoms with Gasteiger partial charge in [-0.2, -0.15) is 0 Å². The normalized spacial score (nSPS) is 19.6. The van der Waals surface area contributed by atoms with Gasteiger partial charge < -0.3 is 49.7 Å². The van der Waals surface area contributed by atoms with Gasteiger partial charge in [0, 0.05) is 47.7 Å². The predicted molar refractivity (Wildman–Crippen MR) is 151 cm³/mol. The van der Waals surface area contributed by atoms with Gasteiger partial charge in [-0.3, -0.25) is 9.98 Å². The van der Waals surface area contributed by atoms with Gasteiger partial charge in [-0.05, 0) is 51.0 Å². The van der Waals surface area contributed by atoms with Crippen LogP contribution in [0.2, 0.25) is 0 Å². The summed E-state index contributed by atoms with van der Waals surface area (Å²) in [4.78, 5) is 33.5. The van der Waals surface area contributed by atoms with Crippen LogP contribution in [0, 0.1) is 27.7 Å². The number of hydrogen-bond donors (Lipinski definition) is 4. The van der Waals surface area contributed by atoms with Gasteiger partial charge in [-0.1, -0.05) is 0 Å². The molecular weight excluding hydrogens is 548 g/mol. The lowest BCUT2D eigenvalue weighted by Gasteiger charge is -2.13. The highest BCUT2D eigenvalue weighted by atomic mass is 16.9. The monoisotopic (exact) mass is 578 g/mol. The van der Waals surface area contributed by atoms with Crippen molar-refractivity contribution in [1.29, 1.82) is 0 Å². The van der Waals surface area contributed by atoms with Gasteiger partial charge in [0.2, 0.25) is 0 Å². The highest BCUT2D eigenvalue weighted by molar-refractivity contribution is 5.97. The standard InChI is InChI=1S/C28H30N6O8/c1-13-11-17(33-25-29-7-8-30-25)15(3)23-21(13)39-27(41-23)37-19(35)5-6-20(36)38-28-40-22-14(2)12-18(16(4)24(22)42-28)34-26-31-9-10-32-26/h5-6,11-12,27-28H,7-10H2,1-4H3,(H2,29,30,33)(H2,31,32,34)/b6-5+. The molecule has 0 amide bonds. The molecule has 2 aromatic rings. The summed E-state index contributed by atoms with van der Waals surface area (Å²) >= 11 is 0. The van der Waals surface area contributed by atoms with Crippen LogP contribution in [0.3, 0.4) is 0 Å². The van der Waals surface area contributed by atoms with Crippen LogP contribution in [0.1, 0.15) is 22.3 Å². The van der Waals surface area contributed by atoms with Crippen molar-refractivity contribution in [2.75, 3.05) is 36.8 Å². The minimum Gasteiger partial charge on any atom is -0.419 e. The second-order valence-electron chi connectivity index (χ2n) is 9.87. The molecule has 0 fully saturated rings. The summed E-state index contributed by atoms with van der Waals surface area (Å²) in [5.74, 6) is 1.43. The molecule has 0 radical (unpaired) electrons. The molecule has 4 heterocycles. The molecule has 0 saturated carbocycles. The van der Waals surface area contributed by atoms with Gasteiger partial charge in [0.1, 0.15) is 0 Å². The van der Waals surface area contributed by atoms with Crippen LogP contribution in [-0.2, 0) is 19.1 Å². The van der Waals surface area contributed by atoms with E-state index < -0.39 is 24.9 Å². The Labute approximate surface area is 241 Å². The molecule has 0 aliphatic carbocycles. The maximum atomic E-state index is 12.4. The van der Waals surface area contributed by atoms with Crippen molar-refractivity contribution >= 4 is 35.2 Å². The van der Waals surface area contributed by atoms with E-state index in [4.69, 9.17) is 28.4 Å². The van der Waals surface area contributed by atoms with Crippen LogP contribution < -0.4 is 40.2 Å². The third kappa shape index (κ3) is 5.42. The molecule has 4 N–H and O–H groups in total. The number of nitrogens with zero attached hydrogens (tertiary/aromatic N) is 2. The van der Waals surface area contributed by atoms with E-state index in [1.165, 1.54) is 0 Å². The highest BCUT2D eigenvalue weighted by Gasteiger charge is 2.33. The molecule has 14 nitrogen and oxygen atoms in total. The Morgan fingerprint density at radius 2 is 1.14 bits per heavy atom. The van der Waals surface area contributed by atoms with E-state index in [1.807, 2.05) is 39.8 Å². The van der Waals surface area contributed by atoms with Crippen molar-refractivity contribution in [2.24, 2.45) is 9.98 Å². The van der Waals surface area contributed by atoms with E-state index in [9.17, 15) is 9.59 Å². The third-order valence-corrected chi connectivity index (χ3v) is 6.83. The Balaban J connectivity index is 1.02. The van der Waals surface area contributed by atoms with Gasteiger partial charge in [0.25, 0.3) is 0 Å². The zero-order valence-corrected chi connectivity index (χ0v) is 23.5. The van der Waals surface area contributed by atoms with Crippen LogP contribution in [0.15, 0.2) is 34.3 Å². The number of carbonyl (C=O) groups excluding carboxylic acids is 2. The first-order chi connectivity index (χ1) is 20.2. The zero-order valence-electron chi connectivity index (χ0n) is 23.5. The molecular formula is C28H30N6O8. The van der Waals surface area contributed by atoms with Gasteiger partial charge in [0.05, 0.1) is 13.1 Å². The van der Waals surface area contributed by atoms with Gasteiger partial charge >= 0.3 is 24.9 Å². The Morgan fingerprint density at radius 3 is 1.52 bits per heavy atom. The van der Waals surface area contributed by atoms with Crippen molar-refractivity contribution in [3.63, 3.8) is 0 Å². The first-order valence-corrected chi connectivity index (χ1v) is 13.4.